The first-order chi connectivity index (χ1) is 5.16. The van der Waals surface area contributed by atoms with E-state index in [2.05, 4.69) is 5.32 Å². The molecule has 0 aliphatic carbocycles. The van der Waals surface area contributed by atoms with Crippen molar-refractivity contribution in [3.63, 3.8) is 0 Å². The van der Waals surface area contributed by atoms with E-state index in [0.29, 0.717) is 0 Å². The van der Waals surface area contributed by atoms with E-state index in [0.717, 1.165) is 0 Å². The summed E-state index contributed by atoms with van der Waals surface area (Å²) in [7, 11) is 1.47. The van der Waals surface area contributed by atoms with Crippen molar-refractivity contribution in [3.8, 4) is 0 Å². The van der Waals surface area contributed by atoms with Crippen LogP contribution in [0.1, 0.15) is 0 Å². The minimum atomic E-state index is -1.26. The third-order valence-corrected chi connectivity index (χ3v) is 1.80. The van der Waals surface area contributed by atoms with Crippen LogP contribution in [0.15, 0.2) is 0 Å². The van der Waals surface area contributed by atoms with E-state index in [4.69, 9.17) is 15.3 Å². The average Bonchev–Trinajstić information content (AvgIpc) is 2.08. The Bertz CT molecular complexity index is 96.5. The van der Waals surface area contributed by atoms with Crippen LogP contribution in [0.5, 0.6) is 0 Å². The summed E-state index contributed by atoms with van der Waals surface area (Å²) < 4.78 is 0. The van der Waals surface area contributed by atoms with Gasteiger partial charge in [-0.05, 0) is 7.05 Å². The lowest BCUT2D eigenvalue weighted by Crippen LogP contribution is -2.51. The lowest BCUT2D eigenvalue weighted by atomic mass is 9.89. The van der Waals surface area contributed by atoms with E-state index in [1.807, 2.05) is 0 Å². The summed E-state index contributed by atoms with van der Waals surface area (Å²) in [5, 5.41) is 37.9. The Kier molecular flexibility index (Phi) is 4.55. The molecule has 1 unspecified atom stereocenters. The molecule has 68 valence electrons. The Morgan fingerprint density at radius 1 is 1.18 bits per heavy atom. The molecule has 0 heterocycles. The predicted molar refractivity (Wildman–Crippen MR) is 38.8 cm³/mol. The minimum Gasteiger partial charge on any atom is -0.395 e. The summed E-state index contributed by atoms with van der Waals surface area (Å²) in [5.41, 5.74) is -1.26. The van der Waals surface area contributed by atoms with E-state index in [1.165, 1.54) is 7.05 Å². The summed E-state index contributed by atoms with van der Waals surface area (Å²) in [6, 6.07) is 0. The van der Waals surface area contributed by atoms with Gasteiger partial charge in [0.2, 0.25) is 0 Å². The van der Waals surface area contributed by atoms with Crippen LogP contribution in [0, 0.1) is 5.41 Å². The van der Waals surface area contributed by atoms with E-state index < -0.39 is 31.5 Å². The van der Waals surface area contributed by atoms with Gasteiger partial charge in [0.15, 0.2) is 0 Å². The fourth-order valence-electron chi connectivity index (χ4n) is 0.716. The molecule has 0 bridgehead atoms. The van der Waals surface area contributed by atoms with Crippen LogP contribution in [0.3, 0.4) is 0 Å². The summed E-state index contributed by atoms with van der Waals surface area (Å²) in [4.78, 5) is 0. The van der Waals surface area contributed by atoms with Crippen molar-refractivity contribution < 1.29 is 20.4 Å². The maximum Gasteiger partial charge on any atom is 0.117 e. The molecule has 0 spiro atoms. The number of aliphatic hydroxyl groups excluding tert-OH is 4. The third-order valence-electron chi connectivity index (χ3n) is 1.80. The molecular formula is C6H15NO4. The SMILES string of the molecule is CNC(O)C(CO)(CO)CO. The van der Waals surface area contributed by atoms with Crippen molar-refractivity contribution in [1.29, 1.82) is 0 Å². The number of rotatable bonds is 5. The van der Waals surface area contributed by atoms with Crippen molar-refractivity contribution in [2.75, 3.05) is 26.9 Å². The Hall–Kier alpha value is -0.200. The summed E-state index contributed by atoms with van der Waals surface area (Å²) >= 11 is 0. The van der Waals surface area contributed by atoms with Gasteiger partial charge in [-0.15, -0.1) is 0 Å². The van der Waals surface area contributed by atoms with E-state index in [9.17, 15) is 5.11 Å². The summed E-state index contributed by atoms with van der Waals surface area (Å²) in [6.07, 6.45) is -1.11. The highest BCUT2D eigenvalue weighted by atomic mass is 16.3. The van der Waals surface area contributed by atoms with Crippen molar-refractivity contribution >= 4 is 0 Å². The number of aliphatic hydroxyl groups is 4. The third kappa shape index (κ3) is 2.11. The fraction of sp³-hybridized carbons (Fsp3) is 1.00. The lowest BCUT2D eigenvalue weighted by molar-refractivity contribution is -0.0934. The van der Waals surface area contributed by atoms with E-state index in [-0.39, 0.29) is 0 Å². The highest BCUT2D eigenvalue weighted by Crippen LogP contribution is 2.17. The van der Waals surface area contributed by atoms with Crippen LogP contribution < -0.4 is 5.32 Å². The number of hydrogen-bond acceptors (Lipinski definition) is 5. The van der Waals surface area contributed by atoms with Gasteiger partial charge in [-0.1, -0.05) is 0 Å². The molecule has 0 aliphatic heterocycles. The Balaban J connectivity index is 4.26. The van der Waals surface area contributed by atoms with E-state index >= 15 is 0 Å². The van der Waals surface area contributed by atoms with E-state index in [1.54, 1.807) is 0 Å². The molecule has 0 aliphatic rings. The first-order valence-corrected chi connectivity index (χ1v) is 3.34. The molecular weight excluding hydrogens is 150 g/mol. The van der Waals surface area contributed by atoms with Gasteiger partial charge in [0, 0.05) is 0 Å². The highest BCUT2D eigenvalue weighted by molar-refractivity contribution is 4.82. The normalized spacial score (nSPS) is 15.0. The number of hydrogen-bond donors (Lipinski definition) is 5. The Labute approximate surface area is 65.3 Å². The zero-order valence-corrected chi connectivity index (χ0v) is 6.49. The molecule has 0 saturated carbocycles. The highest BCUT2D eigenvalue weighted by Gasteiger charge is 2.35. The molecule has 0 amide bonds. The van der Waals surface area contributed by atoms with Gasteiger partial charge in [-0.2, -0.15) is 0 Å². The zero-order valence-electron chi connectivity index (χ0n) is 6.49. The molecule has 0 radical (unpaired) electrons. The van der Waals surface area contributed by atoms with Gasteiger partial charge in [-0.3, -0.25) is 5.32 Å². The van der Waals surface area contributed by atoms with Gasteiger partial charge < -0.3 is 20.4 Å². The van der Waals surface area contributed by atoms with Gasteiger partial charge >= 0.3 is 0 Å². The molecule has 0 aromatic heterocycles. The molecule has 0 fully saturated rings. The number of nitrogens with one attached hydrogen (secondary N) is 1. The molecule has 0 saturated heterocycles. The molecule has 5 N–H and O–H groups in total. The van der Waals surface area contributed by atoms with Gasteiger partial charge in [0.25, 0.3) is 0 Å². The minimum absolute atomic E-state index is 0.470. The van der Waals surface area contributed by atoms with Crippen LogP contribution in [0.2, 0.25) is 0 Å². The lowest BCUT2D eigenvalue weighted by Gasteiger charge is -2.32. The monoisotopic (exact) mass is 165 g/mol. The van der Waals surface area contributed by atoms with Gasteiger partial charge in [-0.25, -0.2) is 0 Å². The van der Waals surface area contributed by atoms with Crippen molar-refractivity contribution in [1.82, 2.24) is 5.32 Å². The summed E-state index contributed by atoms with van der Waals surface area (Å²) in [6.45, 7) is -1.41. The Morgan fingerprint density at radius 2 is 1.55 bits per heavy atom. The molecule has 5 nitrogen and oxygen atoms in total. The maximum atomic E-state index is 9.18. The quantitative estimate of drug-likeness (QED) is 0.290. The average molecular weight is 165 g/mol. The smallest absolute Gasteiger partial charge is 0.117 e. The van der Waals surface area contributed by atoms with Crippen LogP contribution in [-0.2, 0) is 0 Å². The molecule has 11 heavy (non-hydrogen) atoms. The molecule has 0 rings (SSSR count). The fourth-order valence-corrected chi connectivity index (χ4v) is 0.716. The maximum absolute atomic E-state index is 9.18. The second-order valence-electron chi connectivity index (χ2n) is 2.53. The zero-order chi connectivity index (χ0) is 8.91. The first-order valence-electron chi connectivity index (χ1n) is 3.34. The van der Waals surface area contributed by atoms with Crippen LogP contribution in [-0.4, -0.2) is 53.5 Å². The second-order valence-corrected chi connectivity index (χ2v) is 2.53. The largest absolute Gasteiger partial charge is 0.395 e. The van der Waals surface area contributed by atoms with Gasteiger partial charge in [0.05, 0.1) is 25.2 Å². The van der Waals surface area contributed by atoms with Crippen molar-refractivity contribution in [2.45, 2.75) is 6.23 Å². The predicted octanol–water partition coefficient (Wildman–Crippen LogP) is -2.51. The molecule has 0 aromatic rings. The molecule has 5 heteroatoms. The summed E-state index contributed by atoms with van der Waals surface area (Å²) in [5.74, 6) is 0. The van der Waals surface area contributed by atoms with Crippen LogP contribution >= 0.6 is 0 Å². The molecule has 0 aromatic carbocycles. The second kappa shape index (κ2) is 4.63. The first kappa shape index (κ1) is 10.8. The van der Waals surface area contributed by atoms with Crippen LogP contribution in [0.25, 0.3) is 0 Å². The Morgan fingerprint density at radius 3 is 1.64 bits per heavy atom. The topological polar surface area (TPSA) is 93.0 Å². The van der Waals surface area contributed by atoms with Crippen molar-refractivity contribution in [2.24, 2.45) is 5.41 Å². The molecule has 1 atom stereocenters. The van der Waals surface area contributed by atoms with Gasteiger partial charge in [0.1, 0.15) is 6.23 Å². The van der Waals surface area contributed by atoms with Crippen molar-refractivity contribution in [3.05, 3.63) is 0 Å². The standard InChI is InChI=1S/C6H15NO4/c1-7-5(11)6(2-8,3-9)4-10/h5,7-11H,2-4H2,1H3. The van der Waals surface area contributed by atoms with Crippen LogP contribution in [0.4, 0.5) is 0 Å².